The summed E-state index contributed by atoms with van der Waals surface area (Å²) in [5.41, 5.74) is 6.47. The van der Waals surface area contributed by atoms with Crippen LogP contribution in [0, 0.1) is 11.6 Å². The van der Waals surface area contributed by atoms with Gasteiger partial charge in [-0.25, -0.2) is 18.2 Å². The Hall–Kier alpha value is -2.76. The van der Waals surface area contributed by atoms with Gasteiger partial charge in [0.15, 0.2) is 0 Å². The van der Waals surface area contributed by atoms with Crippen molar-refractivity contribution < 1.29 is 22.7 Å². The predicted octanol–water partition coefficient (Wildman–Crippen LogP) is 3.59. The molecule has 0 bridgehead atoms. The molecule has 1 amide bonds. The van der Waals surface area contributed by atoms with Gasteiger partial charge in [0.1, 0.15) is 34.6 Å². The van der Waals surface area contributed by atoms with Gasteiger partial charge in [0.05, 0.1) is 29.7 Å². The van der Waals surface area contributed by atoms with E-state index in [4.69, 9.17) is 10.5 Å². The summed E-state index contributed by atoms with van der Waals surface area (Å²) in [6, 6.07) is 2.90. The second-order valence-corrected chi connectivity index (χ2v) is 8.09. The minimum Gasteiger partial charge on any atom is -0.369 e. The number of rotatable bonds is 4. The fraction of sp³-hybridized carbons (Fsp3) is 0.350. The van der Waals surface area contributed by atoms with Crippen LogP contribution in [0.2, 0.25) is 0 Å². The second-order valence-electron chi connectivity index (χ2n) is 7.23. The van der Waals surface area contributed by atoms with E-state index in [9.17, 15) is 18.0 Å². The van der Waals surface area contributed by atoms with Crippen LogP contribution in [0.4, 0.5) is 18.9 Å². The smallest absolute Gasteiger partial charge is 0.275 e. The highest BCUT2D eigenvalue weighted by Crippen LogP contribution is 2.33. The SMILES string of the molecule is Cn1ncc(NC(=O)c2csc(-c3c(F)cccc3F)n2)c1C1CC[C@@H](N)[C@H](F)CO1. The molecular formula is C20H20F3N5O2S. The normalized spacial score (nSPS) is 21.6. The number of alkyl halides is 1. The zero-order valence-corrected chi connectivity index (χ0v) is 17.3. The Labute approximate surface area is 180 Å². The number of carbonyl (C=O) groups is 1. The van der Waals surface area contributed by atoms with Crippen molar-refractivity contribution in [2.24, 2.45) is 12.8 Å². The Kier molecular flexibility index (Phi) is 6.08. The predicted molar refractivity (Wildman–Crippen MR) is 109 cm³/mol. The number of anilines is 1. The lowest BCUT2D eigenvalue weighted by atomic mass is 10.0. The van der Waals surface area contributed by atoms with Gasteiger partial charge in [0.25, 0.3) is 5.91 Å². The maximum Gasteiger partial charge on any atom is 0.275 e. The number of carbonyl (C=O) groups excluding carboxylic acids is 1. The number of nitrogens with one attached hydrogen (secondary N) is 1. The van der Waals surface area contributed by atoms with Crippen LogP contribution in [0.1, 0.15) is 35.1 Å². The molecule has 3 aromatic rings. The number of amides is 1. The van der Waals surface area contributed by atoms with E-state index in [-0.39, 0.29) is 22.9 Å². The van der Waals surface area contributed by atoms with E-state index in [1.165, 1.54) is 17.6 Å². The molecule has 11 heteroatoms. The number of nitrogens with zero attached hydrogens (tertiary/aromatic N) is 3. The number of aromatic nitrogens is 3. The zero-order valence-electron chi connectivity index (χ0n) is 16.5. The molecule has 1 aromatic carbocycles. The molecule has 1 unspecified atom stereocenters. The van der Waals surface area contributed by atoms with Gasteiger partial charge < -0.3 is 15.8 Å². The molecule has 7 nitrogen and oxygen atoms in total. The van der Waals surface area contributed by atoms with Gasteiger partial charge in [-0.1, -0.05) is 6.07 Å². The first-order valence-electron chi connectivity index (χ1n) is 9.59. The Morgan fingerprint density at radius 2 is 2.06 bits per heavy atom. The molecule has 1 fully saturated rings. The van der Waals surface area contributed by atoms with Gasteiger partial charge in [0, 0.05) is 18.5 Å². The Balaban J connectivity index is 1.55. The molecule has 0 saturated carbocycles. The standard InChI is InChI=1S/C20H20F3N5O2S/c1-28-18(16-6-5-13(24)12(23)8-30-16)14(7-25-28)26-19(29)15-9-31-20(27-15)17-10(21)3-2-4-11(17)22/h2-4,7,9,12-13,16H,5-6,8,24H2,1H3,(H,26,29)/t12-,13-,16?/m1/s1. The fourth-order valence-electron chi connectivity index (χ4n) is 3.46. The number of aryl methyl sites for hydroxylation is 1. The van der Waals surface area contributed by atoms with E-state index in [2.05, 4.69) is 15.4 Å². The first kappa shape index (κ1) is 21.5. The van der Waals surface area contributed by atoms with Crippen LogP contribution in [-0.2, 0) is 11.8 Å². The zero-order chi connectivity index (χ0) is 22.1. The summed E-state index contributed by atoms with van der Waals surface area (Å²) in [7, 11) is 1.69. The molecule has 1 aliphatic rings. The van der Waals surface area contributed by atoms with Crippen LogP contribution in [0.5, 0.6) is 0 Å². The highest BCUT2D eigenvalue weighted by molar-refractivity contribution is 7.13. The third-order valence-corrected chi connectivity index (χ3v) is 5.99. The van der Waals surface area contributed by atoms with E-state index in [1.807, 2.05) is 0 Å². The van der Waals surface area contributed by atoms with Crippen LogP contribution in [0.3, 0.4) is 0 Å². The Morgan fingerprint density at radius 3 is 2.81 bits per heavy atom. The molecule has 0 radical (unpaired) electrons. The quantitative estimate of drug-likeness (QED) is 0.632. The molecule has 0 spiro atoms. The van der Waals surface area contributed by atoms with Gasteiger partial charge in [-0.15, -0.1) is 11.3 Å². The summed E-state index contributed by atoms with van der Waals surface area (Å²) in [5.74, 6) is -2.08. The van der Waals surface area contributed by atoms with E-state index < -0.39 is 35.9 Å². The van der Waals surface area contributed by atoms with Crippen molar-refractivity contribution in [3.8, 4) is 10.6 Å². The minimum atomic E-state index is -1.26. The molecule has 3 heterocycles. The summed E-state index contributed by atoms with van der Waals surface area (Å²) >= 11 is 0.958. The first-order chi connectivity index (χ1) is 14.8. The fourth-order valence-corrected chi connectivity index (χ4v) is 4.31. The number of hydrogen-bond acceptors (Lipinski definition) is 6. The molecule has 164 valence electrons. The molecule has 3 N–H and O–H groups in total. The highest BCUT2D eigenvalue weighted by atomic mass is 32.1. The van der Waals surface area contributed by atoms with Crippen LogP contribution >= 0.6 is 11.3 Å². The summed E-state index contributed by atoms with van der Waals surface area (Å²) in [6.45, 7) is -0.145. The van der Waals surface area contributed by atoms with Crippen LogP contribution in [0.25, 0.3) is 10.6 Å². The average molecular weight is 451 g/mol. The second kappa shape index (κ2) is 8.77. The number of ether oxygens (including phenoxy) is 1. The molecule has 31 heavy (non-hydrogen) atoms. The highest BCUT2D eigenvalue weighted by Gasteiger charge is 2.30. The third-order valence-electron chi connectivity index (χ3n) is 5.13. The summed E-state index contributed by atoms with van der Waals surface area (Å²) in [5, 5.41) is 8.35. The van der Waals surface area contributed by atoms with Crippen LogP contribution in [-0.4, -0.2) is 39.5 Å². The largest absolute Gasteiger partial charge is 0.369 e. The third kappa shape index (κ3) is 4.34. The van der Waals surface area contributed by atoms with E-state index in [1.54, 1.807) is 11.7 Å². The van der Waals surface area contributed by atoms with Crippen LogP contribution in [0.15, 0.2) is 29.8 Å². The van der Waals surface area contributed by atoms with Crippen molar-refractivity contribution in [3.63, 3.8) is 0 Å². The lowest BCUT2D eigenvalue weighted by Crippen LogP contribution is -2.32. The van der Waals surface area contributed by atoms with E-state index in [0.717, 1.165) is 23.5 Å². The van der Waals surface area contributed by atoms with Crippen molar-refractivity contribution in [2.45, 2.75) is 31.2 Å². The number of halogens is 3. The molecule has 4 rings (SSSR count). The van der Waals surface area contributed by atoms with E-state index >= 15 is 0 Å². The van der Waals surface area contributed by atoms with Gasteiger partial charge in [0.2, 0.25) is 0 Å². The Morgan fingerprint density at radius 1 is 1.32 bits per heavy atom. The number of hydrogen-bond donors (Lipinski definition) is 2. The topological polar surface area (TPSA) is 95.1 Å². The van der Waals surface area contributed by atoms with Crippen molar-refractivity contribution in [1.29, 1.82) is 0 Å². The van der Waals surface area contributed by atoms with Gasteiger partial charge in [-0.05, 0) is 25.0 Å². The van der Waals surface area contributed by atoms with Crippen molar-refractivity contribution in [1.82, 2.24) is 14.8 Å². The first-order valence-corrected chi connectivity index (χ1v) is 10.5. The van der Waals surface area contributed by atoms with Crippen LogP contribution < -0.4 is 11.1 Å². The van der Waals surface area contributed by atoms with Gasteiger partial charge in [-0.2, -0.15) is 5.10 Å². The molecule has 2 aromatic heterocycles. The average Bonchev–Trinajstić information content (AvgIpc) is 3.31. The molecule has 1 saturated heterocycles. The van der Waals surface area contributed by atoms with Gasteiger partial charge >= 0.3 is 0 Å². The molecular weight excluding hydrogens is 431 g/mol. The van der Waals surface area contributed by atoms with Gasteiger partial charge in [-0.3, -0.25) is 9.48 Å². The maximum absolute atomic E-state index is 14.0. The summed E-state index contributed by atoms with van der Waals surface area (Å²) < 4.78 is 49.1. The lowest BCUT2D eigenvalue weighted by molar-refractivity contribution is 0.0247. The monoisotopic (exact) mass is 451 g/mol. The van der Waals surface area contributed by atoms with Crippen molar-refractivity contribution in [2.75, 3.05) is 11.9 Å². The summed E-state index contributed by atoms with van der Waals surface area (Å²) in [4.78, 5) is 16.8. The molecule has 0 aliphatic carbocycles. The van der Waals surface area contributed by atoms with E-state index in [0.29, 0.717) is 24.2 Å². The Bertz CT molecular complexity index is 1070. The number of thiazole rings is 1. The minimum absolute atomic E-state index is 0.00471. The maximum atomic E-state index is 14.0. The van der Waals surface area contributed by atoms with Crippen molar-refractivity contribution >= 4 is 22.9 Å². The summed E-state index contributed by atoms with van der Waals surface area (Å²) in [6.07, 6.45) is 0.598. The molecule has 1 aliphatic heterocycles. The number of nitrogens with two attached hydrogens (primary N) is 1. The lowest BCUT2D eigenvalue weighted by Gasteiger charge is -2.17. The van der Waals surface area contributed by atoms with Crippen molar-refractivity contribution in [3.05, 3.63) is 52.8 Å². The molecule has 3 atom stereocenters. The number of benzene rings is 1.